The summed E-state index contributed by atoms with van der Waals surface area (Å²) in [5.41, 5.74) is 8.35. The Morgan fingerprint density at radius 3 is 1.63 bits per heavy atom. The van der Waals surface area contributed by atoms with Crippen molar-refractivity contribution in [3.8, 4) is 61.9 Å². The molecule has 2 heterocycles. The van der Waals surface area contributed by atoms with Gasteiger partial charge >= 0.3 is 0 Å². The summed E-state index contributed by atoms with van der Waals surface area (Å²) in [5, 5.41) is 7.34. The molecule has 82 heavy (non-hydrogen) atoms. The van der Waals surface area contributed by atoms with Gasteiger partial charge in [0.2, 0.25) is 0 Å². The number of imidazole rings is 1. The number of hydrogen-bond acceptors (Lipinski definition) is 1. The fourth-order valence-electron chi connectivity index (χ4n) is 11.8. The quantitative estimate of drug-likeness (QED) is 0.0517. The average Bonchev–Trinajstić information content (AvgIpc) is 1.14. The van der Waals surface area contributed by atoms with Crippen molar-refractivity contribution >= 4 is 61.7 Å². The number of fused-ring (bicyclic) bond motifs is 4. The van der Waals surface area contributed by atoms with Crippen molar-refractivity contribution < 1.29 is 23.0 Å². The summed E-state index contributed by atoms with van der Waals surface area (Å²) < 4.78 is 101. The SMILES string of the molecule is [2H]c1c([2H])c([2H])c(-c2cccc(-c3c([2H])c([2H])c([2H])c([2H])c3[2H])c2-[n+]2[c-]n(-c3cccc(Oc4ccc5c6cc(-c7cccc([Si](c8ccccc8)(c8ccccc8)c8ccccc8)c7)ccc6n(-c6cccc(C(C)(C)C)c6)c5c4)c3)c3ccccc32)c([2H])c1[2H]. The van der Waals surface area contributed by atoms with Crippen LogP contribution in [0.2, 0.25) is 0 Å². The highest BCUT2D eigenvalue weighted by atomic mass is 28.3. The zero-order valence-electron chi connectivity index (χ0n) is 55.3. The summed E-state index contributed by atoms with van der Waals surface area (Å²) in [7, 11) is -2.83. The Bertz CT molecular complexity index is 5020. The van der Waals surface area contributed by atoms with Crippen molar-refractivity contribution in [1.82, 2.24) is 9.13 Å². The minimum Gasteiger partial charge on any atom is -0.458 e. The molecule has 0 aliphatic carbocycles. The van der Waals surface area contributed by atoms with Crippen LogP contribution < -0.4 is 30.1 Å². The van der Waals surface area contributed by atoms with Gasteiger partial charge in [-0.2, -0.15) is 0 Å². The third-order valence-corrected chi connectivity index (χ3v) is 20.4. The normalized spacial score (nSPS) is 13.5. The van der Waals surface area contributed by atoms with Crippen LogP contribution >= 0.6 is 0 Å². The van der Waals surface area contributed by atoms with Gasteiger partial charge in [-0.15, -0.1) is 0 Å². The van der Waals surface area contributed by atoms with E-state index in [1.807, 2.05) is 59.2 Å². The number of benzene rings is 12. The zero-order valence-corrected chi connectivity index (χ0v) is 46.3. The first kappa shape index (κ1) is 40.2. The molecule has 0 radical (unpaired) electrons. The molecule has 14 rings (SSSR count). The van der Waals surface area contributed by atoms with Gasteiger partial charge in [0.25, 0.3) is 6.33 Å². The number of ether oxygens (including phenoxy) is 1. The fourth-order valence-corrected chi connectivity index (χ4v) is 16.6. The lowest BCUT2D eigenvalue weighted by atomic mass is 9.87. The molecule has 0 N–H and O–H groups in total. The van der Waals surface area contributed by atoms with E-state index in [9.17, 15) is 0 Å². The van der Waals surface area contributed by atoms with E-state index in [0.29, 0.717) is 28.2 Å². The van der Waals surface area contributed by atoms with E-state index in [4.69, 9.17) is 18.4 Å². The molecule has 0 bridgehead atoms. The molecule has 0 unspecified atom stereocenters. The smallest absolute Gasteiger partial charge is 0.269 e. The Balaban J connectivity index is 0.902. The first-order chi connectivity index (χ1) is 44.4. The van der Waals surface area contributed by atoms with Crippen molar-refractivity contribution in [2.75, 3.05) is 0 Å². The second kappa shape index (κ2) is 20.9. The minimum atomic E-state index is -2.83. The zero-order chi connectivity index (χ0) is 63.9. The number of hydrogen-bond donors (Lipinski definition) is 0. The van der Waals surface area contributed by atoms with Crippen LogP contribution in [-0.2, 0) is 5.41 Å². The van der Waals surface area contributed by atoms with E-state index < -0.39 is 68.5 Å². The van der Waals surface area contributed by atoms with E-state index in [-0.39, 0.29) is 33.4 Å². The number of rotatable bonds is 12. The van der Waals surface area contributed by atoms with E-state index in [1.165, 1.54) is 26.3 Å². The molecular weight excluding hydrogens is 1010 g/mol. The molecule has 0 aliphatic heterocycles. The van der Waals surface area contributed by atoms with Crippen LogP contribution in [0, 0.1) is 6.33 Å². The first-order valence-corrected chi connectivity index (χ1v) is 29.4. The van der Waals surface area contributed by atoms with Crippen LogP contribution in [0.15, 0.2) is 303 Å². The largest absolute Gasteiger partial charge is 0.458 e. The predicted molar refractivity (Wildman–Crippen MR) is 343 cm³/mol. The molecule has 0 amide bonds. The molecular formula is C77H59N3OSi. The molecule has 5 heteroatoms. The molecule has 0 fully saturated rings. The summed E-state index contributed by atoms with van der Waals surface area (Å²) in [6, 6.07) is 78.4. The fraction of sp³-hybridized carbons (Fsp3) is 0.0519. The maximum atomic E-state index is 9.13. The minimum absolute atomic E-state index is 0.119. The van der Waals surface area contributed by atoms with Crippen LogP contribution in [0.4, 0.5) is 0 Å². The lowest BCUT2D eigenvalue weighted by Crippen LogP contribution is -2.74. The van der Waals surface area contributed by atoms with Crippen LogP contribution in [0.25, 0.3) is 83.3 Å². The van der Waals surface area contributed by atoms with Gasteiger partial charge in [0.05, 0.1) is 47.1 Å². The molecule has 0 atom stereocenters. The van der Waals surface area contributed by atoms with Crippen molar-refractivity contribution in [2.24, 2.45) is 0 Å². The van der Waals surface area contributed by atoms with Crippen LogP contribution in [0.3, 0.4) is 0 Å². The molecule has 0 saturated heterocycles. The highest BCUT2D eigenvalue weighted by Gasteiger charge is 2.41. The Morgan fingerprint density at radius 1 is 0.415 bits per heavy atom. The standard InChI is InChI=1S/C77H59N3OSi/c1-77(2,3)59-30-22-32-61(51-59)80-72-48-45-58(57-29-21-40-67(49-57)82(64-34-13-6-14-35-64,65-36-15-7-16-37-65)66-38-17-8-18-39-66)50-71(72)70-47-46-63(53-75(70)80)81-62-33-23-31-60(52-62)78-54-79(74-44-20-19-43-73(74)78)76-68(55-25-9-4-10-26-55)41-24-42-69(76)56-27-11-5-12-28-56/h4-53H,1-3H3/i4D,5D,9D,10D,11D,12D,25D,26D,27D,28D. The molecule has 2 aromatic heterocycles. The summed E-state index contributed by atoms with van der Waals surface area (Å²) in [6.07, 6.45) is 3.49. The monoisotopic (exact) mass is 1080 g/mol. The number of nitrogens with zero attached hydrogens (tertiary/aromatic N) is 3. The molecule has 12 aromatic carbocycles. The van der Waals surface area contributed by atoms with Gasteiger partial charge in [0, 0.05) is 22.5 Å². The highest BCUT2D eigenvalue weighted by Crippen LogP contribution is 2.40. The lowest BCUT2D eigenvalue weighted by Gasteiger charge is -2.34. The van der Waals surface area contributed by atoms with E-state index in [2.05, 4.69) is 202 Å². The van der Waals surface area contributed by atoms with Crippen LogP contribution in [0.1, 0.15) is 40.0 Å². The lowest BCUT2D eigenvalue weighted by molar-refractivity contribution is -0.571. The Labute approximate surface area is 494 Å². The van der Waals surface area contributed by atoms with E-state index in [0.717, 1.165) is 38.6 Å². The summed E-state index contributed by atoms with van der Waals surface area (Å²) in [5.74, 6) is 1.11. The third-order valence-electron chi connectivity index (χ3n) is 15.6. The molecule has 0 spiro atoms. The third kappa shape index (κ3) is 8.93. The predicted octanol–water partition coefficient (Wildman–Crippen LogP) is 16.3. The topological polar surface area (TPSA) is 23.0 Å². The van der Waals surface area contributed by atoms with Crippen molar-refractivity contribution in [3.63, 3.8) is 0 Å². The van der Waals surface area contributed by atoms with Crippen molar-refractivity contribution in [2.45, 2.75) is 26.2 Å². The number of aromatic nitrogens is 3. The van der Waals surface area contributed by atoms with Gasteiger partial charge in [-0.25, -0.2) is 0 Å². The van der Waals surface area contributed by atoms with Gasteiger partial charge in [-0.05, 0) is 120 Å². The summed E-state index contributed by atoms with van der Waals surface area (Å²) in [6.45, 7) is 6.67. The summed E-state index contributed by atoms with van der Waals surface area (Å²) in [4.78, 5) is 0. The molecule has 392 valence electrons. The molecule has 0 saturated carbocycles. The van der Waals surface area contributed by atoms with E-state index in [1.54, 1.807) is 22.8 Å². The summed E-state index contributed by atoms with van der Waals surface area (Å²) >= 11 is 0. The number of para-hydroxylation sites is 3. The van der Waals surface area contributed by atoms with Crippen LogP contribution in [-0.4, -0.2) is 17.2 Å². The maximum absolute atomic E-state index is 9.13. The van der Waals surface area contributed by atoms with Gasteiger partial charge in [-0.1, -0.05) is 263 Å². The average molecular weight is 1080 g/mol. The Hall–Kier alpha value is -10.1. The van der Waals surface area contributed by atoms with Gasteiger partial charge < -0.3 is 9.30 Å². The van der Waals surface area contributed by atoms with E-state index >= 15 is 0 Å². The van der Waals surface area contributed by atoms with Crippen molar-refractivity contribution in [3.05, 3.63) is 315 Å². The Morgan fingerprint density at radius 2 is 0.976 bits per heavy atom. The molecule has 14 aromatic rings. The van der Waals surface area contributed by atoms with Gasteiger partial charge in [0.1, 0.15) is 11.5 Å². The maximum Gasteiger partial charge on any atom is 0.269 e. The Kier molecular flexibility index (Phi) is 10.2. The van der Waals surface area contributed by atoms with Crippen LogP contribution in [0.5, 0.6) is 11.5 Å². The van der Waals surface area contributed by atoms with Gasteiger partial charge in [-0.3, -0.25) is 9.13 Å². The molecule has 0 aliphatic rings. The second-order valence-corrected chi connectivity index (χ2v) is 25.3. The molecule has 4 nitrogen and oxygen atoms in total. The van der Waals surface area contributed by atoms with Gasteiger partial charge in [0.15, 0.2) is 8.07 Å². The van der Waals surface area contributed by atoms with Crippen molar-refractivity contribution in [1.29, 1.82) is 0 Å². The first-order valence-electron chi connectivity index (χ1n) is 32.4. The highest BCUT2D eigenvalue weighted by molar-refractivity contribution is 7.19. The second-order valence-electron chi connectivity index (χ2n) is 21.5.